The Labute approximate surface area is 111 Å². The summed E-state index contributed by atoms with van der Waals surface area (Å²) in [6.45, 7) is 3.38. The van der Waals surface area contributed by atoms with Crippen molar-refractivity contribution in [1.29, 1.82) is 0 Å². The summed E-state index contributed by atoms with van der Waals surface area (Å²) in [6.07, 6.45) is 1.92. The summed E-state index contributed by atoms with van der Waals surface area (Å²) in [7, 11) is 1.23. The lowest BCUT2D eigenvalue weighted by atomic mass is 9.89. The van der Waals surface area contributed by atoms with Crippen molar-refractivity contribution in [3.63, 3.8) is 0 Å². The van der Waals surface area contributed by atoms with Crippen LogP contribution in [0, 0.1) is 0 Å². The van der Waals surface area contributed by atoms with Crippen molar-refractivity contribution in [1.82, 2.24) is 10.2 Å². The van der Waals surface area contributed by atoms with E-state index in [1.165, 1.54) is 25.9 Å². The van der Waals surface area contributed by atoms with Gasteiger partial charge in [-0.2, -0.15) is 0 Å². The highest BCUT2D eigenvalue weighted by molar-refractivity contribution is 5.88. The number of carbonyl (C=O) groups is 3. The first kappa shape index (κ1) is 15.3. The van der Waals surface area contributed by atoms with Crippen LogP contribution in [0.1, 0.15) is 33.1 Å². The fourth-order valence-corrected chi connectivity index (χ4v) is 2.17. The highest BCUT2D eigenvalue weighted by atomic mass is 16.5. The van der Waals surface area contributed by atoms with Gasteiger partial charge in [-0.25, -0.2) is 14.4 Å². The summed E-state index contributed by atoms with van der Waals surface area (Å²) in [5, 5.41) is 11.8. The molecule has 1 aliphatic rings. The summed E-state index contributed by atoms with van der Waals surface area (Å²) < 4.78 is 4.51. The predicted molar refractivity (Wildman–Crippen MR) is 66.6 cm³/mol. The number of nitrogens with zero attached hydrogens (tertiary/aromatic N) is 1. The number of hydrogen-bond donors (Lipinski definition) is 2. The quantitative estimate of drug-likeness (QED) is 0.733. The summed E-state index contributed by atoms with van der Waals surface area (Å²) in [5.74, 6) is -1.60. The number of ether oxygens (including phenoxy) is 1. The molecule has 1 heterocycles. The third-order valence-corrected chi connectivity index (χ3v) is 3.49. The Kier molecular flexibility index (Phi) is 4.74. The first-order valence-corrected chi connectivity index (χ1v) is 6.22. The molecule has 7 heteroatoms. The van der Waals surface area contributed by atoms with Gasteiger partial charge in [0, 0.05) is 6.54 Å². The number of aliphatic carboxylic acids is 1. The minimum absolute atomic E-state index is 0.364. The Balaban J connectivity index is 2.78. The van der Waals surface area contributed by atoms with Crippen molar-refractivity contribution in [2.45, 2.75) is 44.7 Å². The van der Waals surface area contributed by atoms with Crippen LogP contribution in [0.2, 0.25) is 0 Å². The van der Waals surface area contributed by atoms with Gasteiger partial charge in [-0.3, -0.25) is 0 Å². The lowest BCUT2D eigenvalue weighted by Gasteiger charge is -2.41. The molecule has 0 aromatic rings. The summed E-state index contributed by atoms with van der Waals surface area (Å²) in [6, 6.07) is -1.36. The normalized spacial score (nSPS) is 24.5. The third-order valence-electron chi connectivity index (χ3n) is 3.49. The number of carbonyl (C=O) groups excluding carboxylic acids is 2. The van der Waals surface area contributed by atoms with Crippen LogP contribution < -0.4 is 5.32 Å². The molecule has 2 amide bonds. The Morgan fingerprint density at radius 2 is 2.00 bits per heavy atom. The van der Waals surface area contributed by atoms with E-state index in [1.807, 2.05) is 0 Å². The van der Waals surface area contributed by atoms with Gasteiger partial charge in [-0.15, -0.1) is 0 Å². The van der Waals surface area contributed by atoms with Gasteiger partial charge in [0.25, 0.3) is 0 Å². The third kappa shape index (κ3) is 3.15. The number of nitrogens with one attached hydrogen (secondary N) is 1. The second-order valence-corrected chi connectivity index (χ2v) is 4.88. The van der Waals surface area contributed by atoms with E-state index in [4.69, 9.17) is 0 Å². The van der Waals surface area contributed by atoms with E-state index in [0.29, 0.717) is 13.0 Å². The Hall–Kier alpha value is -1.79. The molecule has 1 rings (SSSR count). The second kappa shape index (κ2) is 5.90. The molecule has 19 heavy (non-hydrogen) atoms. The largest absolute Gasteiger partial charge is 0.480 e. The molecule has 1 fully saturated rings. The van der Waals surface area contributed by atoms with Crippen LogP contribution in [0.5, 0.6) is 0 Å². The Morgan fingerprint density at radius 1 is 1.37 bits per heavy atom. The predicted octanol–water partition coefficient (Wildman–Crippen LogP) is 0.587. The summed E-state index contributed by atoms with van der Waals surface area (Å²) in [4.78, 5) is 36.0. The first-order chi connectivity index (χ1) is 8.82. The van der Waals surface area contributed by atoms with Crippen LogP contribution in [-0.2, 0) is 14.3 Å². The van der Waals surface area contributed by atoms with Crippen molar-refractivity contribution in [2.75, 3.05) is 13.7 Å². The van der Waals surface area contributed by atoms with Crippen LogP contribution in [0.3, 0.4) is 0 Å². The fourth-order valence-electron chi connectivity index (χ4n) is 2.17. The van der Waals surface area contributed by atoms with E-state index < -0.39 is 29.6 Å². The van der Waals surface area contributed by atoms with Crippen molar-refractivity contribution < 1.29 is 24.2 Å². The first-order valence-electron chi connectivity index (χ1n) is 6.22. The molecular weight excluding hydrogens is 252 g/mol. The van der Waals surface area contributed by atoms with Crippen LogP contribution in [0.25, 0.3) is 0 Å². The van der Waals surface area contributed by atoms with Gasteiger partial charge in [0.1, 0.15) is 11.6 Å². The number of urea groups is 1. The smallest absolute Gasteiger partial charge is 0.329 e. The van der Waals surface area contributed by atoms with Crippen molar-refractivity contribution in [2.24, 2.45) is 0 Å². The lowest BCUT2D eigenvalue weighted by molar-refractivity contribution is -0.150. The molecule has 2 N–H and O–H groups in total. The number of amides is 2. The standard InChI is InChI=1S/C12H20N2O5/c1-8(9(15)19-3)13-11(18)14-7-5-4-6-12(14,2)10(16)17/h8H,4-7H2,1-3H3,(H,13,18)(H,16,17). The summed E-state index contributed by atoms with van der Waals surface area (Å²) >= 11 is 0. The van der Waals surface area contributed by atoms with E-state index in [2.05, 4.69) is 10.1 Å². The molecular formula is C12H20N2O5. The molecule has 1 aliphatic heterocycles. The van der Waals surface area contributed by atoms with E-state index >= 15 is 0 Å². The summed E-state index contributed by atoms with van der Waals surface area (Å²) in [5.41, 5.74) is -1.22. The number of hydrogen-bond acceptors (Lipinski definition) is 4. The van der Waals surface area contributed by atoms with Gasteiger partial charge in [0.2, 0.25) is 0 Å². The molecule has 0 saturated carbocycles. The molecule has 108 valence electrons. The maximum atomic E-state index is 12.1. The number of likely N-dealkylation sites (tertiary alicyclic amines) is 1. The lowest BCUT2D eigenvalue weighted by Crippen LogP contribution is -2.61. The van der Waals surface area contributed by atoms with Gasteiger partial charge in [-0.1, -0.05) is 0 Å². The molecule has 2 atom stereocenters. The number of rotatable bonds is 3. The number of methoxy groups -OCH3 is 1. The minimum Gasteiger partial charge on any atom is -0.480 e. The zero-order chi connectivity index (χ0) is 14.6. The average Bonchev–Trinajstić information content (AvgIpc) is 2.37. The van der Waals surface area contributed by atoms with Crippen LogP contribution in [-0.4, -0.2) is 53.2 Å². The van der Waals surface area contributed by atoms with Crippen molar-refractivity contribution >= 4 is 18.0 Å². The van der Waals surface area contributed by atoms with Crippen molar-refractivity contribution in [3.05, 3.63) is 0 Å². The topological polar surface area (TPSA) is 95.9 Å². The Bertz CT molecular complexity index is 384. The van der Waals surface area contributed by atoms with E-state index in [-0.39, 0.29) is 0 Å². The molecule has 7 nitrogen and oxygen atoms in total. The fraction of sp³-hybridized carbons (Fsp3) is 0.750. The number of esters is 1. The zero-order valence-corrected chi connectivity index (χ0v) is 11.4. The number of carboxylic acids is 1. The van der Waals surface area contributed by atoms with E-state index in [9.17, 15) is 19.5 Å². The van der Waals surface area contributed by atoms with Crippen molar-refractivity contribution in [3.8, 4) is 0 Å². The van der Waals surface area contributed by atoms with E-state index in [0.717, 1.165) is 12.8 Å². The molecule has 1 saturated heterocycles. The maximum Gasteiger partial charge on any atom is 0.329 e. The molecule has 0 radical (unpaired) electrons. The van der Waals surface area contributed by atoms with Gasteiger partial charge < -0.3 is 20.1 Å². The number of piperidine rings is 1. The highest BCUT2D eigenvalue weighted by Crippen LogP contribution is 2.28. The van der Waals surface area contributed by atoms with Crippen LogP contribution >= 0.6 is 0 Å². The molecule has 0 aromatic heterocycles. The second-order valence-electron chi connectivity index (χ2n) is 4.88. The monoisotopic (exact) mass is 272 g/mol. The van der Waals surface area contributed by atoms with Crippen LogP contribution in [0.15, 0.2) is 0 Å². The SMILES string of the molecule is COC(=O)C(C)NC(=O)N1CCCCC1(C)C(=O)O. The Morgan fingerprint density at radius 3 is 2.53 bits per heavy atom. The number of carboxylic acid groups (broad SMARTS) is 1. The molecule has 0 aromatic carbocycles. The average molecular weight is 272 g/mol. The van der Waals surface area contributed by atoms with E-state index in [1.54, 1.807) is 0 Å². The van der Waals surface area contributed by atoms with Gasteiger partial charge in [-0.05, 0) is 33.1 Å². The molecule has 2 unspecified atom stereocenters. The van der Waals surface area contributed by atoms with Gasteiger partial charge >= 0.3 is 18.0 Å². The molecule has 0 bridgehead atoms. The molecule has 0 spiro atoms. The van der Waals surface area contributed by atoms with Gasteiger partial charge in [0.05, 0.1) is 7.11 Å². The zero-order valence-electron chi connectivity index (χ0n) is 11.4. The maximum absolute atomic E-state index is 12.1. The molecule has 0 aliphatic carbocycles. The minimum atomic E-state index is -1.22. The van der Waals surface area contributed by atoms with Crippen LogP contribution in [0.4, 0.5) is 4.79 Å². The highest BCUT2D eigenvalue weighted by Gasteiger charge is 2.44. The van der Waals surface area contributed by atoms with Gasteiger partial charge in [0.15, 0.2) is 0 Å².